The Morgan fingerprint density at radius 2 is 2.25 bits per heavy atom. The Bertz CT molecular complexity index is 317. The Hall–Kier alpha value is -0.950. The first-order chi connectivity index (χ1) is 9.63. The molecule has 6 nitrogen and oxygen atoms in total. The van der Waals surface area contributed by atoms with Gasteiger partial charge in [-0.1, -0.05) is 0 Å². The highest BCUT2D eigenvalue weighted by atomic mass is 32.2. The molecule has 1 saturated heterocycles. The molecule has 0 radical (unpaired) electrons. The summed E-state index contributed by atoms with van der Waals surface area (Å²) >= 11 is 2.00. The van der Waals surface area contributed by atoms with Gasteiger partial charge in [0.25, 0.3) is 0 Å². The van der Waals surface area contributed by atoms with E-state index in [4.69, 9.17) is 4.74 Å². The first-order valence-electron chi connectivity index (χ1n) is 6.96. The lowest BCUT2D eigenvalue weighted by molar-refractivity contribution is -0.127. The number of thioether (sulfide) groups is 1. The van der Waals surface area contributed by atoms with Gasteiger partial charge in [-0.3, -0.25) is 4.79 Å². The van der Waals surface area contributed by atoms with Crippen LogP contribution >= 0.6 is 11.8 Å². The third kappa shape index (κ3) is 7.00. The number of carbonyl (C=O) groups is 1. The highest BCUT2D eigenvalue weighted by molar-refractivity contribution is 8.00. The normalized spacial score (nSPS) is 18.9. The second-order valence-electron chi connectivity index (χ2n) is 4.89. The molecular weight excluding hydrogens is 276 g/mol. The summed E-state index contributed by atoms with van der Waals surface area (Å²) in [4.78, 5) is 17.4. The Kier molecular flexibility index (Phi) is 8.45. The lowest BCUT2D eigenvalue weighted by atomic mass is 10.2. The number of rotatable bonds is 7. The van der Waals surface area contributed by atoms with Crippen LogP contribution in [0.4, 0.5) is 0 Å². The number of guanidine groups is 1. The fourth-order valence-corrected chi connectivity index (χ4v) is 2.95. The van der Waals surface area contributed by atoms with Gasteiger partial charge in [0.2, 0.25) is 5.91 Å². The summed E-state index contributed by atoms with van der Waals surface area (Å²) in [6, 6.07) is 0. The molecule has 2 N–H and O–H groups in total. The molecule has 0 bridgehead atoms. The van der Waals surface area contributed by atoms with E-state index >= 15 is 0 Å². The van der Waals surface area contributed by atoms with Crippen molar-refractivity contribution >= 4 is 23.6 Å². The number of ether oxygens (including phenoxy) is 1. The van der Waals surface area contributed by atoms with Crippen molar-refractivity contribution < 1.29 is 9.53 Å². The molecule has 0 aliphatic carbocycles. The molecule has 20 heavy (non-hydrogen) atoms. The van der Waals surface area contributed by atoms with Gasteiger partial charge in [-0.05, 0) is 18.6 Å². The average molecular weight is 302 g/mol. The van der Waals surface area contributed by atoms with Gasteiger partial charge in [-0.15, -0.1) is 0 Å². The van der Waals surface area contributed by atoms with Crippen LogP contribution in [0.2, 0.25) is 0 Å². The summed E-state index contributed by atoms with van der Waals surface area (Å²) in [5.74, 6) is 1.92. The molecule has 1 aliphatic rings. The van der Waals surface area contributed by atoms with Gasteiger partial charge in [-0.2, -0.15) is 11.8 Å². The Morgan fingerprint density at radius 3 is 2.85 bits per heavy atom. The van der Waals surface area contributed by atoms with Crippen LogP contribution in [0.15, 0.2) is 4.99 Å². The number of amides is 1. The molecule has 1 fully saturated rings. The van der Waals surface area contributed by atoms with Crippen molar-refractivity contribution in [3.63, 3.8) is 0 Å². The van der Waals surface area contributed by atoms with Gasteiger partial charge in [0.15, 0.2) is 5.96 Å². The van der Waals surface area contributed by atoms with Crippen LogP contribution < -0.4 is 10.6 Å². The molecule has 0 aromatic heterocycles. The summed E-state index contributed by atoms with van der Waals surface area (Å²) in [5, 5.41) is 7.13. The number of hydrogen-bond acceptors (Lipinski definition) is 4. The van der Waals surface area contributed by atoms with Crippen LogP contribution in [0.25, 0.3) is 0 Å². The zero-order chi connectivity index (χ0) is 14.8. The standard InChI is InChI=1S/C13H26N4O2S/c1-17(2)12(18)10-16-13(14-6-7-19-3)15-9-11-5-4-8-20-11/h11H,4-10H2,1-3H3,(H2,14,15,16). The second-order valence-corrected chi connectivity index (χ2v) is 6.30. The number of aliphatic imine (C=N–C) groups is 1. The molecule has 0 spiro atoms. The number of hydrogen-bond donors (Lipinski definition) is 2. The van der Waals surface area contributed by atoms with Gasteiger partial charge >= 0.3 is 0 Å². The van der Waals surface area contributed by atoms with Gasteiger partial charge in [-0.25, -0.2) is 4.99 Å². The Balaban J connectivity index is 2.40. The first kappa shape index (κ1) is 17.1. The molecule has 1 aliphatic heterocycles. The zero-order valence-corrected chi connectivity index (χ0v) is 13.5. The van der Waals surface area contributed by atoms with Gasteiger partial charge in [0, 0.05) is 39.5 Å². The smallest absolute Gasteiger partial charge is 0.243 e. The number of nitrogens with zero attached hydrogens (tertiary/aromatic N) is 2. The van der Waals surface area contributed by atoms with Crippen molar-refractivity contribution in [3.8, 4) is 0 Å². The SMILES string of the molecule is COCCNC(=NCC(=O)N(C)C)NCC1CCCS1. The summed E-state index contributed by atoms with van der Waals surface area (Å²) < 4.78 is 5.01. The zero-order valence-electron chi connectivity index (χ0n) is 12.6. The Labute approximate surface area is 125 Å². The molecule has 1 rings (SSSR count). The van der Waals surface area contributed by atoms with E-state index in [1.165, 1.54) is 18.6 Å². The number of likely N-dealkylation sites (N-methyl/N-ethyl adjacent to an activating group) is 1. The topological polar surface area (TPSA) is 66.0 Å². The van der Waals surface area contributed by atoms with Crippen molar-refractivity contribution in [2.75, 3.05) is 53.2 Å². The van der Waals surface area contributed by atoms with Crippen molar-refractivity contribution in [1.82, 2.24) is 15.5 Å². The molecule has 0 aromatic carbocycles. The number of nitrogens with one attached hydrogen (secondary N) is 2. The van der Waals surface area contributed by atoms with Crippen molar-refractivity contribution in [2.24, 2.45) is 4.99 Å². The third-order valence-electron chi connectivity index (χ3n) is 2.99. The lowest BCUT2D eigenvalue weighted by Gasteiger charge is -2.15. The van der Waals surface area contributed by atoms with Crippen LogP contribution in [0.1, 0.15) is 12.8 Å². The van der Waals surface area contributed by atoms with Crippen molar-refractivity contribution in [2.45, 2.75) is 18.1 Å². The highest BCUT2D eigenvalue weighted by Gasteiger charge is 2.15. The van der Waals surface area contributed by atoms with E-state index in [2.05, 4.69) is 15.6 Å². The van der Waals surface area contributed by atoms with E-state index < -0.39 is 0 Å². The van der Waals surface area contributed by atoms with Gasteiger partial charge in [0.05, 0.1) is 6.61 Å². The van der Waals surface area contributed by atoms with E-state index in [0.29, 0.717) is 24.4 Å². The molecule has 116 valence electrons. The largest absolute Gasteiger partial charge is 0.383 e. The van der Waals surface area contributed by atoms with Crippen molar-refractivity contribution in [3.05, 3.63) is 0 Å². The quantitative estimate of drug-likeness (QED) is 0.398. The molecule has 0 saturated carbocycles. The predicted octanol–water partition coefficient (Wildman–Crippen LogP) is 0.152. The van der Waals surface area contributed by atoms with Crippen LogP contribution in [0.5, 0.6) is 0 Å². The number of methoxy groups -OCH3 is 1. The van der Waals surface area contributed by atoms with E-state index in [9.17, 15) is 4.79 Å². The fraction of sp³-hybridized carbons (Fsp3) is 0.846. The van der Waals surface area contributed by atoms with Crippen LogP contribution in [-0.2, 0) is 9.53 Å². The minimum Gasteiger partial charge on any atom is -0.383 e. The lowest BCUT2D eigenvalue weighted by Crippen LogP contribution is -2.42. The number of carbonyl (C=O) groups excluding carboxylic acids is 1. The molecule has 0 aromatic rings. The van der Waals surface area contributed by atoms with Crippen LogP contribution in [0.3, 0.4) is 0 Å². The Morgan fingerprint density at radius 1 is 1.45 bits per heavy atom. The van der Waals surface area contributed by atoms with E-state index in [-0.39, 0.29) is 12.5 Å². The maximum absolute atomic E-state index is 11.6. The second kappa shape index (κ2) is 9.88. The summed E-state index contributed by atoms with van der Waals surface area (Å²) in [6.07, 6.45) is 2.54. The minimum atomic E-state index is -0.00640. The highest BCUT2D eigenvalue weighted by Crippen LogP contribution is 2.25. The van der Waals surface area contributed by atoms with E-state index in [0.717, 1.165) is 6.54 Å². The molecule has 1 atom stereocenters. The molecule has 1 heterocycles. The average Bonchev–Trinajstić information content (AvgIpc) is 2.94. The molecular formula is C13H26N4O2S. The van der Waals surface area contributed by atoms with E-state index in [1.54, 1.807) is 26.1 Å². The van der Waals surface area contributed by atoms with Gasteiger partial charge < -0.3 is 20.3 Å². The van der Waals surface area contributed by atoms with Crippen LogP contribution in [-0.4, -0.2) is 75.2 Å². The first-order valence-corrected chi connectivity index (χ1v) is 8.01. The summed E-state index contributed by atoms with van der Waals surface area (Å²) in [7, 11) is 5.13. The predicted molar refractivity (Wildman–Crippen MR) is 84.4 cm³/mol. The molecule has 1 amide bonds. The fourth-order valence-electron chi connectivity index (χ4n) is 1.75. The van der Waals surface area contributed by atoms with E-state index in [1.807, 2.05) is 11.8 Å². The minimum absolute atomic E-state index is 0.00640. The summed E-state index contributed by atoms with van der Waals surface area (Å²) in [5.41, 5.74) is 0. The van der Waals surface area contributed by atoms with Crippen molar-refractivity contribution in [1.29, 1.82) is 0 Å². The molecule has 7 heteroatoms. The summed E-state index contributed by atoms with van der Waals surface area (Å²) in [6.45, 7) is 2.34. The molecule has 1 unspecified atom stereocenters. The maximum Gasteiger partial charge on any atom is 0.243 e. The monoisotopic (exact) mass is 302 g/mol. The maximum atomic E-state index is 11.6. The van der Waals surface area contributed by atoms with Crippen LogP contribution in [0, 0.1) is 0 Å². The third-order valence-corrected chi connectivity index (χ3v) is 4.39. The van der Waals surface area contributed by atoms with Gasteiger partial charge in [0.1, 0.15) is 6.54 Å².